The SMILES string of the molecule is Cc1c(Cl)ccc2nc(/C=C/C(=O)O)n(C)c12. The highest BCUT2D eigenvalue weighted by Gasteiger charge is 2.10. The molecule has 1 aromatic carbocycles. The normalized spacial score (nSPS) is 11.5. The number of carbonyl (C=O) groups is 1. The molecule has 2 aromatic rings. The fourth-order valence-electron chi connectivity index (χ4n) is 1.78. The average Bonchev–Trinajstić information content (AvgIpc) is 2.59. The van der Waals surface area contributed by atoms with E-state index in [-0.39, 0.29) is 0 Å². The van der Waals surface area contributed by atoms with E-state index in [1.54, 1.807) is 6.07 Å². The van der Waals surface area contributed by atoms with Crippen LogP contribution >= 0.6 is 11.6 Å². The minimum absolute atomic E-state index is 0.591. The topological polar surface area (TPSA) is 55.1 Å². The lowest BCUT2D eigenvalue weighted by molar-refractivity contribution is -0.131. The maximum atomic E-state index is 10.5. The third kappa shape index (κ3) is 2.03. The smallest absolute Gasteiger partial charge is 0.328 e. The quantitative estimate of drug-likeness (QED) is 0.834. The zero-order valence-corrected chi connectivity index (χ0v) is 10.2. The van der Waals surface area contributed by atoms with Crippen LogP contribution < -0.4 is 0 Å². The summed E-state index contributed by atoms with van der Waals surface area (Å²) in [6.07, 6.45) is 2.54. The van der Waals surface area contributed by atoms with E-state index in [0.29, 0.717) is 10.8 Å². The van der Waals surface area contributed by atoms with Crippen molar-refractivity contribution in [3.63, 3.8) is 0 Å². The number of nitrogens with zero attached hydrogens (tertiary/aromatic N) is 2. The standard InChI is InChI=1S/C12H11ClN2O2/c1-7-8(13)3-4-9-12(7)15(2)10(14-9)5-6-11(16)17/h3-6H,1-2H3,(H,16,17)/b6-5+. The number of carboxylic acids is 1. The number of aryl methyl sites for hydroxylation is 2. The molecule has 0 aliphatic carbocycles. The molecule has 0 bridgehead atoms. The highest BCUT2D eigenvalue weighted by molar-refractivity contribution is 6.32. The number of benzene rings is 1. The Kier molecular flexibility index (Phi) is 2.90. The van der Waals surface area contributed by atoms with Crippen LogP contribution in [0.25, 0.3) is 17.1 Å². The molecule has 1 aromatic heterocycles. The summed E-state index contributed by atoms with van der Waals surface area (Å²) < 4.78 is 1.83. The van der Waals surface area contributed by atoms with Crippen LogP contribution in [-0.2, 0) is 11.8 Å². The summed E-state index contributed by atoms with van der Waals surface area (Å²) in [6.45, 7) is 1.91. The van der Waals surface area contributed by atoms with Gasteiger partial charge in [-0.25, -0.2) is 9.78 Å². The summed E-state index contributed by atoms with van der Waals surface area (Å²) in [5, 5.41) is 9.27. The Balaban J connectivity index is 2.65. The summed E-state index contributed by atoms with van der Waals surface area (Å²) in [5.41, 5.74) is 2.66. The van der Waals surface area contributed by atoms with Gasteiger partial charge >= 0.3 is 5.97 Å². The lowest BCUT2D eigenvalue weighted by atomic mass is 10.2. The maximum absolute atomic E-state index is 10.5. The fourth-order valence-corrected chi connectivity index (χ4v) is 1.94. The fraction of sp³-hybridized carbons (Fsp3) is 0.167. The molecule has 1 N–H and O–H groups in total. The second-order valence-electron chi connectivity index (χ2n) is 3.74. The Morgan fingerprint density at radius 3 is 2.88 bits per heavy atom. The molecule has 0 saturated carbocycles. The van der Waals surface area contributed by atoms with E-state index in [1.807, 2.05) is 24.6 Å². The van der Waals surface area contributed by atoms with E-state index >= 15 is 0 Å². The van der Waals surface area contributed by atoms with Gasteiger partial charge in [0.1, 0.15) is 5.82 Å². The van der Waals surface area contributed by atoms with Crippen LogP contribution in [0.1, 0.15) is 11.4 Å². The summed E-state index contributed by atoms with van der Waals surface area (Å²) in [6, 6.07) is 3.61. The van der Waals surface area contributed by atoms with Crippen LogP contribution in [0.15, 0.2) is 18.2 Å². The number of hydrogen-bond donors (Lipinski definition) is 1. The number of imidazole rings is 1. The number of aromatic nitrogens is 2. The van der Waals surface area contributed by atoms with E-state index in [2.05, 4.69) is 4.98 Å². The zero-order valence-electron chi connectivity index (χ0n) is 9.44. The third-order valence-electron chi connectivity index (χ3n) is 2.63. The van der Waals surface area contributed by atoms with E-state index in [4.69, 9.17) is 16.7 Å². The molecule has 5 heteroatoms. The first-order valence-corrected chi connectivity index (χ1v) is 5.41. The van der Waals surface area contributed by atoms with Gasteiger partial charge in [-0.2, -0.15) is 0 Å². The molecular weight excluding hydrogens is 240 g/mol. The van der Waals surface area contributed by atoms with Crippen molar-refractivity contribution >= 4 is 34.7 Å². The lowest BCUT2D eigenvalue weighted by Crippen LogP contribution is -1.94. The van der Waals surface area contributed by atoms with E-state index < -0.39 is 5.97 Å². The van der Waals surface area contributed by atoms with Gasteiger partial charge in [0.05, 0.1) is 11.0 Å². The second-order valence-corrected chi connectivity index (χ2v) is 4.15. The van der Waals surface area contributed by atoms with E-state index in [1.165, 1.54) is 6.08 Å². The third-order valence-corrected chi connectivity index (χ3v) is 3.04. The Morgan fingerprint density at radius 2 is 2.24 bits per heavy atom. The molecule has 1 heterocycles. The van der Waals surface area contributed by atoms with Gasteiger partial charge in [-0.05, 0) is 30.7 Å². The van der Waals surface area contributed by atoms with Gasteiger partial charge in [-0.15, -0.1) is 0 Å². The molecule has 0 unspecified atom stereocenters. The predicted molar refractivity (Wildman–Crippen MR) is 67.1 cm³/mol. The first-order valence-electron chi connectivity index (χ1n) is 5.03. The zero-order chi connectivity index (χ0) is 12.6. The van der Waals surface area contributed by atoms with Crippen molar-refractivity contribution in [2.45, 2.75) is 6.92 Å². The Hall–Kier alpha value is -1.81. The van der Waals surface area contributed by atoms with Gasteiger partial charge in [0.25, 0.3) is 0 Å². The molecule has 0 saturated heterocycles. The molecule has 0 fully saturated rings. The first kappa shape index (κ1) is 11.7. The molecule has 0 spiro atoms. The number of rotatable bonds is 2. The van der Waals surface area contributed by atoms with Crippen molar-refractivity contribution in [3.8, 4) is 0 Å². The summed E-state index contributed by atoms with van der Waals surface area (Å²) in [7, 11) is 1.83. The van der Waals surface area contributed by atoms with Gasteiger partial charge in [-0.1, -0.05) is 11.6 Å². The second kappa shape index (κ2) is 4.22. The molecule has 0 amide bonds. The van der Waals surface area contributed by atoms with Gasteiger partial charge in [-0.3, -0.25) is 0 Å². The number of hydrogen-bond acceptors (Lipinski definition) is 2. The highest BCUT2D eigenvalue weighted by atomic mass is 35.5. The number of fused-ring (bicyclic) bond motifs is 1. The monoisotopic (exact) mass is 250 g/mol. The maximum Gasteiger partial charge on any atom is 0.328 e. The van der Waals surface area contributed by atoms with Gasteiger partial charge in [0.2, 0.25) is 0 Å². The molecule has 2 rings (SSSR count). The molecular formula is C12H11ClN2O2. The number of aliphatic carboxylic acids is 1. The van der Waals surface area contributed by atoms with E-state index in [0.717, 1.165) is 22.7 Å². The molecule has 0 aliphatic rings. The molecule has 4 nitrogen and oxygen atoms in total. The number of halogens is 1. The van der Waals surface area contributed by atoms with Gasteiger partial charge in [0, 0.05) is 18.1 Å². The average molecular weight is 251 g/mol. The summed E-state index contributed by atoms with van der Waals surface area (Å²) in [5.74, 6) is -0.403. The van der Waals surface area contributed by atoms with Crippen LogP contribution in [0.2, 0.25) is 5.02 Å². The van der Waals surface area contributed by atoms with Crippen LogP contribution in [-0.4, -0.2) is 20.6 Å². The predicted octanol–water partition coefficient (Wildman–Crippen LogP) is 2.63. The summed E-state index contributed by atoms with van der Waals surface area (Å²) >= 11 is 6.04. The minimum Gasteiger partial charge on any atom is -0.478 e. The van der Waals surface area contributed by atoms with Gasteiger partial charge in [0.15, 0.2) is 0 Å². The van der Waals surface area contributed by atoms with Crippen molar-refractivity contribution < 1.29 is 9.90 Å². The summed E-state index contributed by atoms with van der Waals surface area (Å²) in [4.78, 5) is 14.8. The van der Waals surface area contributed by atoms with Crippen LogP contribution in [0, 0.1) is 6.92 Å². The number of carboxylic acid groups (broad SMARTS) is 1. The molecule has 17 heavy (non-hydrogen) atoms. The van der Waals surface area contributed by atoms with Crippen LogP contribution in [0.3, 0.4) is 0 Å². The van der Waals surface area contributed by atoms with Gasteiger partial charge < -0.3 is 9.67 Å². The van der Waals surface area contributed by atoms with E-state index in [9.17, 15) is 4.79 Å². The Morgan fingerprint density at radius 1 is 1.53 bits per heavy atom. The first-order chi connectivity index (χ1) is 8.00. The van der Waals surface area contributed by atoms with Crippen molar-refractivity contribution in [2.75, 3.05) is 0 Å². The lowest BCUT2D eigenvalue weighted by Gasteiger charge is -2.02. The minimum atomic E-state index is -0.994. The highest BCUT2D eigenvalue weighted by Crippen LogP contribution is 2.25. The van der Waals surface area contributed by atoms with Crippen molar-refractivity contribution in [1.82, 2.24) is 9.55 Å². The van der Waals surface area contributed by atoms with Crippen molar-refractivity contribution in [3.05, 3.63) is 34.6 Å². The molecule has 88 valence electrons. The molecule has 0 atom stereocenters. The molecule has 0 radical (unpaired) electrons. The van der Waals surface area contributed by atoms with Crippen molar-refractivity contribution in [1.29, 1.82) is 0 Å². The molecule has 0 aliphatic heterocycles. The Labute approximate surface area is 103 Å². The van der Waals surface area contributed by atoms with Crippen LogP contribution in [0.4, 0.5) is 0 Å². The van der Waals surface area contributed by atoms with Crippen LogP contribution in [0.5, 0.6) is 0 Å². The van der Waals surface area contributed by atoms with Crippen molar-refractivity contribution in [2.24, 2.45) is 7.05 Å². The largest absolute Gasteiger partial charge is 0.478 e. The Bertz CT molecular complexity index is 629.